The minimum Gasteiger partial charge on any atom is -0.396 e. The van der Waals surface area contributed by atoms with Crippen molar-refractivity contribution >= 4 is 0 Å². The largest absolute Gasteiger partial charge is 0.396 e. The molecule has 19 heavy (non-hydrogen) atoms. The molecule has 1 fully saturated rings. The van der Waals surface area contributed by atoms with Crippen LogP contribution in [0.3, 0.4) is 0 Å². The van der Waals surface area contributed by atoms with Crippen molar-refractivity contribution in [2.75, 3.05) is 19.7 Å². The van der Waals surface area contributed by atoms with Gasteiger partial charge >= 0.3 is 0 Å². The van der Waals surface area contributed by atoms with Crippen molar-refractivity contribution in [3.63, 3.8) is 0 Å². The number of aryl methyl sites for hydroxylation is 1. The molecule has 2 aromatic rings. The Balaban J connectivity index is 1.69. The average Bonchev–Trinajstić information content (AvgIpc) is 2.82. The quantitative estimate of drug-likeness (QED) is 0.901. The van der Waals surface area contributed by atoms with Crippen LogP contribution in [0, 0.1) is 12.8 Å². The number of benzene rings is 1. The predicted octanol–water partition coefficient (Wildman–Crippen LogP) is 1.47. The van der Waals surface area contributed by atoms with E-state index in [9.17, 15) is 0 Å². The maximum Gasteiger partial charge on any atom is 0.241 e. The highest BCUT2D eigenvalue weighted by Gasteiger charge is 2.27. The lowest BCUT2D eigenvalue weighted by Gasteiger charge is -2.36. The summed E-state index contributed by atoms with van der Waals surface area (Å²) >= 11 is 0. The number of aliphatic hydroxyl groups is 1. The Morgan fingerprint density at radius 2 is 2.16 bits per heavy atom. The van der Waals surface area contributed by atoms with Gasteiger partial charge in [-0.1, -0.05) is 29.4 Å². The smallest absolute Gasteiger partial charge is 0.241 e. The van der Waals surface area contributed by atoms with Crippen LogP contribution in [0.2, 0.25) is 0 Å². The minimum absolute atomic E-state index is 0.259. The van der Waals surface area contributed by atoms with Gasteiger partial charge < -0.3 is 9.63 Å². The Morgan fingerprint density at radius 3 is 2.89 bits per heavy atom. The molecule has 0 unspecified atom stereocenters. The molecule has 1 aliphatic rings. The highest BCUT2D eigenvalue weighted by atomic mass is 16.5. The number of nitrogens with zero attached hydrogens (tertiary/aromatic N) is 3. The van der Waals surface area contributed by atoms with Crippen LogP contribution in [0.5, 0.6) is 0 Å². The van der Waals surface area contributed by atoms with E-state index >= 15 is 0 Å². The number of hydrogen-bond acceptors (Lipinski definition) is 5. The van der Waals surface area contributed by atoms with Gasteiger partial charge in [0.15, 0.2) is 0 Å². The lowest BCUT2D eigenvalue weighted by Crippen LogP contribution is -2.47. The molecular weight excluding hydrogens is 242 g/mol. The van der Waals surface area contributed by atoms with Gasteiger partial charge in [-0.3, -0.25) is 4.90 Å². The van der Waals surface area contributed by atoms with E-state index in [0.29, 0.717) is 24.2 Å². The number of rotatable bonds is 4. The molecule has 1 saturated heterocycles. The molecule has 0 saturated carbocycles. The topological polar surface area (TPSA) is 62.4 Å². The van der Waals surface area contributed by atoms with Crippen molar-refractivity contribution in [1.29, 1.82) is 0 Å². The molecule has 1 aromatic carbocycles. The van der Waals surface area contributed by atoms with E-state index in [-0.39, 0.29) is 6.61 Å². The fourth-order valence-electron chi connectivity index (χ4n) is 2.36. The lowest BCUT2D eigenvalue weighted by molar-refractivity contribution is 0.0402. The third-order valence-corrected chi connectivity index (χ3v) is 3.50. The Morgan fingerprint density at radius 1 is 1.37 bits per heavy atom. The van der Waals surface area contributed by atoms with Crippen LogP contribution >= 0.6 is 0 Å². The van der Waals surface area contributed by atoms with E-state index in [2.05, 4.69) is 15.0 Å². The summed E-state index contributed by atoms with van der Waals surface area (Å²) < 4.78 is 5.28. The molecule has 1 aromatic heterocycles. The second-order valence-electron chi connectivity index (χ2n) is 5.07. The molecule has 5 heteroatoms. The third kappa shape index (κ3) is 2.52. The van der Waals surface area contributed by atoms with Crippen LogP contribution in [-0.4, -0.2) is 39.8 Å². The molecule has 0 atom stereocenters. The van der Waals surface area contributed by atoms with Crippen molar-refractivity contribution in [3.05, 3.63) is 35.7 Å². The van der Waals surface area contributed by atoms with E-state index in [1.807, 2.05) is 31.2 Å². The first-order chi connectivity index (χ1) is 9.26. The Hall–Kier alpha value is -1.72. The molecule has 0 radical (unpaired) electrons. The first-order valence-electron chi connectivity index (χ1n) is 6.48. The summed E-state index contributed by atoms with van der Waals surface area (Å²) in [7, 11) is 0. The average molecular weight is 259 g/mol. The van der Waals surface area contributed by atoms with Gasteiger partial charge in [-0.2, -0.15) is 4.98 Å². The van der Waals surface area contributed by atoms with Crippen molar-refractivity contribution in [2.24, 2.45) is 5.92 Å². The first-order valence-corrected chi connectivity index (χ1v) is 6.48. The molecule has 0 aliphatic carbocycles. The fourth-order valence-corrected chi connectivity index (χ4v) is 2.36. The SMILES string of the molecule is Cc1ccccc1-c1noc(CN2CC(CO)C2)n1. The van der Waals surface area contributed by atoms with Crippen LogP contribution in [-0.2, 0) is 6.54 Å². The van der Waals surface area contributed by atoms with Gasteiger partial charge in [0.05, 0.1) is 6.54 Å². The molecule has 100 valence electrons. The molecule has 0 bridgehead atoms. The predicted molar refractivity (Wildman–Crippen MR) is 70.3 cm³/mol. The zero-order valence-electron chi connectivity index (χ0n) is 10.9. The van der Waals surface area contributed by atoms with Crippen molar-refractivity contribution in [2.45, 2.75) is 13.5 Å². The molecular formula is C14H17N3O2. The van der Waals surface area contributed by atoms with E-state index in [4.69, 9.17) is 9.63 Å². The van der Waals surface area contributed by atoms with Gasteiger partial charge in [0.25, 0.3) is 0 Å². The van der Waals surface area contributed by atoms with Crippen LogP contribution in [0.25, 0.3) is 11.4 Å². The van der Waals surface area contributed by atoms with Gasteiger partial charge in [-0.05, 0) is 12.5 Å². The van der Waals surface area contributed by atoms with Crippen LogP contribution in [0.1, 0.15) is 11.5 Å². The summed E-state index contributed by atoms with van der Waals surface area (Å²) in [4.78, 5) is 6.62. The number of likely N-dealkylation sites (tertiary alicyclic amines) is 1. The van der Waals surface area contributed by atoms with Crippen LogP contribution < -0.4 is 0 Å². The Labute approximate surface area is 111 Å². The van der Waals surface area contributed by atoms with Crippen LogP contribution in [0.15, 0.2) is 28.8 Å². The van der Waals surface area contributed by atoms with Crippen molar-refractivity contribution in [1.82, 2.24) is 15.0 Å². The molecule has 5 nitrogen and oxygen atoms in total. The zero-order chi connectivity index (χ0) is 13.2. The highest BCUT2D eigenvalue weighted by molar-refractivity contribution is 5.58. The summed E-state index contributed by atoms with van der Waals surface area (Å²) in [5.41, 5.74) is 2.15. The maximum atomic E-state index is 8.98. The van der Waals surface area contributed by atoms with Gasteiger partial charge in [-0.15, -0.1) is 0 Å². The Bertz CT molecular complexity index is 561. The summed E-state index contributed by atoms with van der Waals surface area (Å²) in [6, 6.07) is 8.00. The van der Waals surface area contributed by atoms with Gasteiger partial charge in [0.1, 0.15) is 0 Å². The number of hydrogen-bond donors (Lipinski definition) is 1. The zero-order valence-corrected chi connectivity index (χ0v) is 10.9. The normalized spacial score (nSPS) is 16.5. The second kappa shape index (κ2) is 5.11. The summed E-state index contributed by atoms with van der Waals surface area (Å²) in [5.74, 6) is 1.68. The van der Waals surface area contributed by atoms with Gasteiger partial charge in [0.2, 0.25) is 11.7 Å². The van der Waals surface area contributed by atoms with Crippen molar-refractivity contribution in [3.8, 4) is 11.4 Å². The Kier molecular flexibility index (Phi) is 3.31. The molecule has 2 heterocycles. The molecule has 1 aliphatic heterocycles. The van der Waals surface area contributed by atoms with E-state index < -0.39 is 0 Å². The van der Waals surface area contributed by atoms with Gasteiger partial charge in [-0.25, -0.2) is 0 Å². The molecule has 3 rings (SSSR count). The molecule has 0 spiro atoms. The van der Waals surface area contributed by atoms with Gasteiger partial charge in [0, 0.05) is 31.2 Å². The summed E-state index contributed by atoms with van der Waals surface area (Å²) in [5, 5.41) is 13.0. The third-order valence-electron chi connectivity index (χ3n) is 3.50. The number of aliphatic hydroxyl groups excluding tert-OH is 1. The van der Waals surface area contributed by atoms with E-state index in [1.165, 1.54) is 0 Å². The summed E-state index contributed by atoms with van der Waals surface area (Å²) in [6.45, 7) is 4.76. The monoisotopic (exact) mass is 259 g/mol. The molecule has 1 N–H and O–H groups in total. The minimum atomic E-state index is 0.259. The lowest BCUT2D eigenvalue weighted by atomic mass is 10.0. The second-order valence-corrected chi connectivity index (χ2v) is 5.07. The standard InChI is InChI=1S/C14H17N3O2/c1-10-4-2-3-5-12(10)14-15-13(19-16-14)8-17-6-11(7-17)9-18/h2-5,11,18H,6-9H2,1H3. The fraction of sp³-hybridized carbons (Fsp3) is 0.429. The first kappa shape index (κ1) is 12.3. The maximum absolute atomic E-state index is 8.98. The van der Waals surface area contributed by atoms with Crippen molar-refractivity contribution < 1.29 is 9.63 Å². The molecule has 0 amide bonds. The van der Waals surface area contributed by atoms with E-state index in [0.717, 1.165) is 24.2 Å². The van der Waals surface area contributed by atoms with Crippen LogP contribution in [0.4, 0.5) is 0 Å². The highest BCUT2D eigenvalue weighted by Crippen LogP contribution is 2.22. The number of aromatic nitrogens is 2. The summed E-state index contributed by atoms with van der Waals surface area (Å²) in [6.07, 6.45) is 0. The van der Waals surface area contributed by atoms with E-state index in [1.54, 1.807) is 0 Å².